The smallest absolute Gasteiger partial charge is 0.156 e. The first-order chi connectivity index (χ1) is 8.06. The van der Waals surface area contributed by atoms with E-state index in [4.69, 9.17) is 4.74 Å². The third kappa shape index (κ3) is 3.74. The van der Waals surface area contributed by atoms with Gasteiger partial charge in [0.25, 0.3) is 0 Å². The monoisotopic (exact) mass is 232 g/mol. The quantitative estimate of drug-likeness (QED) is 0.723. The molecular weight excluding hydrogens is 212 g/mol. The average Bonchev–Trinajstić information content (AvgIpc) is 2.27. The first-order valence-electron chi connectivity index (χ1n) is 6.00. The van der Waals surface area contributed by atoms with E-state index in [0.29, 0.717) is 6.61 Å². The Balaban J connectivity index is 3.14. The van der Waals surface area contributed by atoms with Crippen molar-refractivity contribution in [1.29, 1.82) is 0 Å². The molecule has 92 valence electrons. The van der Waals surface area contributed by atoms with Crippen molar-refractivity contribution in [3.05, 3.63) is 35.4 Å². The fourth-order valence-electron chi connectivity index (χ4n) is 1.73. The van der Waals surface area contributed by atoms with Gasteiger partial charge in [-0.1, -0.05) is 32.0 Å². The molecule has 17 heavy (non-hydrogen) atoms. The molecule has 0 bridgehead atoms. The van der Waals surface area contributed by atoms with Gasteiger partial charge in [0.05, 0.1) is 6.61 Å². The van der Waals surface area contributed by atoms with Crippen molar-refractivity contribution in [1.82, 2.24) is 0 Å². The summed E-state index contributed by atoms with van der Waals surface area (Å²) in [5.74, 6) is 1.17. The standard InChI is InChI=1S/C15H20O2/c1-5-17-15-9-7-6-8-13(15)10-14(11(2)3)12(4)16/h6-11H,5H2,1-4H3/b14-10+. The molecule has 0 saturated heterocycles. The third-order valence-electron chi connectivity index (χ3n) is 2.56. The number of carbonyl (C=O) groups excluding carboxylic acids is 1. The van der Waals surface area contributed by atoms with E-state index in [0.717, 1.165) is 16.9 Å². The van der Waals surface area contributed by atoms with Gasteiger partial charge in [-0.25, -0.2) is 0 Å². The lowest BCUT2D eigenvalue weighted by atomic mass is 9.97. The van der Waals surface area contributed by atoms with Crippen molar-refractivity contribution in [2.45, 2.75) is 27.7 Å². The molecule has 0 saturated carbocycles. The second-order valence-electron chi connectivity index (χ2n) is 4.28. The number of hydrogen-bond acceptors (Lipinski definition) is 2. The fourth-order valence-corrected chi connectivity index (χ4v) is 1.73. The summed E-state index contributed by atoms with van der Waals surface area (Å²) >= 11 is 0. The van der Waals surface area contributed by atoms with Crippen LogP contribution in [0.25, 0.3) is 6.08 Å². The molecule has 0 fully saturated rings. The van der Waals surface area contributed by atoms with E-state index < -0.39 is 0 Å². The molecule has 0 unspecified atom stereocenters. The Kier molecular flexibility index (Phi) is 4.95. The third-order valence-corrected chi connectivity index (χ3v) is 2.56. The average molecular weight is 232 g/mol. The Morgan fingerprint density at radius 1 is 1.35 bits per heavy atom. The van der Waals surface area contributed by atoms with Crippen LogP contribution in [-0.4, -0.2) is 12.4 Å². The second-order valence-corrected chi connectivity index (χ2v) is 4.28. The number of benzene rings is 1. The van der Waals surface area contributed by atoms with Crippen LogP contribution in [0.5, 0.6) is 5.75 Å². The summed E-state index contributed by atoms with van der Waals surface area (Å²) in [5, 5.41) is 0. The van der Waals surface area contributed by atoms with Crippen LogP contribution in [0.2, 0.25) is 0 Å². The zero-order chi connectivity index (χ0) is 12.8. The zero-order valence-electron chi connectivity index (χ0n) is 11.0. The van der Waals surface area contributed by atoms with E-state index >= 15 is 0 Å². The molecule has 0 radical (unpaired) electrons. The summed E-state index contributed by atoms with van der Waals surface area (Å²) in [6.07, 6.45) is 1.93. The predicted molar refractivity (Wildman–Crippen MR) is 71.1 cm³/mol. The lowest BCUT2D eigenvalue weighted by Gasteiger charge is -2.10. The first-order valence-corrected chi connectivity index (χ1v) is 6.00. The van der Waals surface area contributed by atoms with Gasteiger partial charge in [-0.3, -0.25) is 4.79 Å². The summed E-state index contributed by atoms with van der Waals surface area (Å²) in [7, 11) is 0. The van der Waals surface area contributed by atoms with Gasteiger partial charge < -0.3 is 4.74 Å². The van der Waals surface area contributed by atoms with E-state index in [1.54, 1.807) is 6.92 Å². The molecule has 2 nitrogen and oxygen atoms in total. The number of ether oxygens (including phenoxy) is 1. The maximum Gasteiger partial charge on any atom is 0.156 e. The van der Waals surface area contributed by atoms with Crippen molar-refractivity contribution >= 4 is 11.9 Å². The second kappa shape index (κ2) is 6.24. The van der Waals surface area contributed by atoms with Crippen molar-refractivity contribution in [3.63, 3.8) is 0 Å². The molecule has 1 aromatic carbocycles. The van der Waals surface area contributed by atoms with E-state index in [2.05, 4.69) is 0 Å². The van der Waals surface area contributed by atoms with Gasteiger partial charge in [-0.2, -0.15) is 0 Å². The highest BCUT2D eigenvalue weighted by molar-refractivity contribution is 5.98. The number of ketones is 1. The number of Topliss-reactive ketones (excluding diaryl/α,β-unsaturated/α-hetero) is 1. The SMILES string of the molecule is CCOc1ccccc1/C=C(/C(C)=O)C(C)C. The number of para-hydroxylation sites is 1. The summed E-state index contributed by atoms with van der Waals surface area (Å²) in [6, 6.07) is 7.78. The minimum atomic E-state index is 0.117. The van der Waals surface area contributed by atoms with Crippen LogP contribution >= 0.6 is 0 Å². The topological polar surface area (TPSA) is 26.3 Å². The highest BCUT2D eigenvalue weighted by Crippen LogP contribution is 2.23. The molecule has 0 spiro atoms. The van der Waals surface area contributed by atoms with Gasteiger partial charge in [0.1, 0.15) is 5.75 Å². The lowest BCUT2D eigenvalue weighted by Crippen LogP contribution is -2.04. The maximum atomic E-state index is 11.5. The van der Waals surface area contributed by atoms with E-state index in [-0.39, 0.29) is 11.7 Å². The Morgan fingerprint density at radius 3 is 2.53 bits per heavy atom. The van der Waals surface area contributed by atoms with Crippen molar-refractivity contribution in [2.24, 2.45) is 5.92 Å². The van der Waals surface area contributed by atoms with Gasteiger partial charge in [0.15, 0.2) is 5.78 Å². The van der Waals surface area contributed by atoms with Crippen LogP contribution in [0.1, 0.15) is 33.3 Å². The van der Waals surface area contributed by atoms with Crippen molar-refractivity contribution in [2.75, 3.05) is 6.61 Å². The fraction of sp³-hybridized carbons (Fsp3) is 0.400. The molecule has 0 aliphatic carbocycles. The number of allylic oxidation sites excluding steroid dienone is 1. The van der Waals surface area contributed by atoms with Crippen LogP contribution in [-0.2, 0) is 4.79 Å². The van der Waals surface area contributed by atoms with Crippen LogP contribution < -0.4 is 4.74 Å². The molecule has 0 heterocycles. The molecular formula is C15H20O2. The number of hydrogen-bond donors (Lipinski definition) is 0. The first kappa shape index (κ1) is 13.5. The Hall–Kier alpha value is -1.57. The summed E-state index contributed by atoms with van der Waals surface area (Å²) in [5.41, 5.74) is 1.80. The van der Waals surface area contributed by atoms with Gasteiger partial charge in [0, 0.05) is 5.56 Å². The summed E-state index contributed by atoms with van der Waals surface area (Å²) in [4.78, 5) is 11.5. The maximum absolute atomic E-state index is 11.5. The van der Waals surface area contributed by atoms with E-state index in [1.807, 2.05) is 51.1 Å². The van der Waals surface area contributed by atoms with Crippen LogP contribution in [0, 0.1) is 5.92 Å². The van der Waals surface area contributed by atoms with Gasteiger partial charge >= 0.3 is 0 Å². The van der Waals surface area contributed by atoms with Crippen LogP contribution in [0.15, 0.2) is 29.8 Å². The molecule has 0 aliphatic rings. The largest absolute Gasteiger partial charge is 0.493 e. The molecule has 0 amide bonds. The zero-order valence-corrected chi connectivity index (χ0v) is 11.0. The molecule has 0 aromatic heterocycles. The van der Waals surface area contributed by atoms with Crippen LogP contribution in [0.4, 0.5) is 0 Å². The van der Waals surface area contributed by atoms with Gasteiger partial charge in [0.2, 0.25) is 0 Å². The molecule has 0 N–H and O–H groups in total. The normalized spacial score (nSPS) is 11.7. The van der Waals surface area contributed by atoms with Crippen molar-refractivity contribution < 1.29 is 9.53 Å². The highest BCUT2D eigenvalue weighted by Gasteiger charge is 2.10. The van der Waals surface area contributed by atoms with E-state index in [1.165, 1.54) is 0 Å². The Morgan fingerprint density at radius 2 is 2.00 bits per heavy atom. The summed E-state index contributed by atoms with van der Waals surface area (Å²) in [6.45, 7) is 8.24. The Bertz CT molecular complexity index is 417. The molecule has 1 aromatic rings. The summed E-state index contributed by atoms with van der Waals surface area (Å²) < 4.78 is 5.54. The minimum absolute atomic E-state index is 0.117. The highest BCUT2D eigenvalue weighted by atomic mass is 16.5. The molecule has 1 rings (SSSR count). The Labute approximate surface area is 103 Å². The van der Waals surface area contributed by atoms with Gasteiger partial charge in [-0.05, 0) is 37.5 Å². The minimum Gasteiger partial charge on any atom is -0.493 e. The molecule has 0 atom stereocenters. The van der Waals surface area contributed by atoms with Gasteiger partial charge in [-0.15, -0.1) is 0 Å². The predicted octanol–water partition coefficient (Wildman–Crippen LogP) is 3.71. The van der Waals surface area contributed by atoms with Crippen molar-refractivity contribution in [3.8, 4) is 5.75 Å². The van der Waals surface area contributed by atoms with E-state index in [9.17, 15) is 4.79 Å². The number of rotatable bonds is 5. The molecule has 2 heteroatoms. The van der Waals surface area contributed by atoms with Crippen LogP contribution in [0.3, 0.4) is 0 Å². The lowest BCUT2D eigenvalue weighted by molar-refractivity contribution is -0.113. The number of carbonyl (C=O) groups is 1. The molecule has 0 aliphatic heterocycles.